The van der Waals surface area contributed by atoms with Crippen molar-refractivity contribution in [1.29, 1.82) is 0 Å². The van der Waals surface area contributed by atoms with Gasteiger partial charge in [0.25, 0.3) is 5.91 Å². The first-order valence-electron chi connectivity index (χ1n) is 7.03. The SMILES string of the molecule is Cc1cccc(C(=O)O[C@@H](C(=O)N(C)C)c2ccccc2)c1. The van der Waals surface area contributed by atoms with E-state index in [1.54, 1.807) is 44.4 Å². The Bertz CT molecular complexity index is 665. The first kappa shape index (κ1) is 15.8. The molecule has 0 saturated carbocycles. The lowest BCUT2D eigenvalue weighted by Gasteiger charge is -2.21. The van der Waals surface area contributed by atoms with Crippen LogP contribution in [0.2, 0.25) is 0 Å². The molecule has 0 saturated heterocycles. The molecule has 0 heterocycles. The summed E-state index contributed by atoms with van der Waals surface area (Å²) in [4.78, 5) is 26.1. The van der Waals surface area contributed by atoms with Crippen molar-refractivity contribution in [2.45, 2.75) is 13.0 Å². The fourth-order valence-electron chi connectivity index (χ4n) is 2.07. The summed E-state index contributed by atoms with van der Waals surface area (Å²) in [5.41, 5.74) is 2.05. The number of nitrogens with zero attached hydrogens (tertiary/aromatic N) is 1. The summed E-state index contributed by atoms with van der Waals surface area (Å²) in [6.07, 6.45) is -0.941. The summed E-state index contributed by atoms with van der Waals surface area (Å²) in [6, 6.07) is 16.1. The Balaban J connectivity index is 2.27. The largest absolute Gasteiger partial charge is 0.444 e. The molecular formula is C18H19NO3. The molecule has 2 aromatic rings. The molecule has 2 aromatic carbocycles. The fourth-order valence-corrected chi connectivity index (χ4v) is 2.07. The predicted octanol–water partition coefficient (Wildman–Crippen LogP) is 2.98. The highest BCUT2D eigenvalue weighted by Gasteiger charge is 2.26. The normalized spacial score (nSPS) is 11.6. The molecule has 0 spiro atoms. The molecule has 0 radical (unpaired) electrons. The lowest BCUT2D eigenvalue weighted by atomic mass is 10.1. The second kappa shape index (κ2) is 6.89. The first-order valence-corrected chi connectivity index (χ1v) is 7.03. The summed E-state index contributed by atoms with van der Waals surface area (Å²) in [7, 11) is 3.28. The molecular weight excluding hydrogens is 278 g/mol. The minimum absolute atomic E-state index is 0.271. The van der Waals surface area contributed by atoms with Crippen LogP contribution in [0.1, 0.15) is 27.6 Å². The summed E-state index contributed by atoms with van der Waals surface area (Å²) in [6.45, 7) is 1.90. The van der Waals surface area contributed by atoms with Crippen molar-refractivity contribution in [2.24, 2.45) is 0 Å². The molecule has 22 heavy (non-hydrogen) atoms. The maximum absolute atomic E-state index is 12.3. The van der Waals surface area contributed by atoms with Crippen LogP contribution in [0.4, 0.5) is 0 Å². The van der Waals surface area contributed by atoms with E-state index in [0.29, 0.717) is 11.1 Å². The van der Waals surface area contributed by atoms with Crippen LogP contribution < -0.4 is 0 Å². The van der Waals surface area contributed by atoms with E-state index in [4.69, 9.17) is 4.74 Å². The Morgan fingerprint density at radius 3 is 2.27 bits per heavy atom. The van der Waals surface area contributed by atoms with Gasteiger partial charge in [-0.3, -0.25) is 4.79 Å². The number of esters is 1. The van der Waals surface area contributed by atoms with Gasteiger partial charge in [-0.25, -0.2) is 4.79 Å². The van der Waals surface area contributed by atoms with Crippen LogP contribution in [0.3, 0.4) is 0 Å². The van der Waals surface area contributed by atoms with Gasteiger partial charge in [0.15, 0.2) is 0 Å². The highest BCUT2D eigenvalue weighted by Crippen LogP contribution is 2.21. The van der Waals surface area contributed by atoms with E-state index in [9.17, 15) is 9.59 Å². The Hall–Kier alpha value is -2.62. The zero-order valence-corrected chi connectivity index (χ0v) is 12.9. The Kier molecular flexibility index (Phi) is 4.94. The van der Waals surface area contributed by atoms with Gasteiger partial charge < -0.3 is 9.64 Å². The number of carbonyl (C=O) groups excluding carboxylic acids is 2. The third kappa shape index (κ3) is 3.73. The molecule has 0 unspecified atom stereocenters. The van der Waals surface area contributed by atoms with Crippen molar-refractivity contribution < 1.29 is 14.3 Å². The smallest absolute Gasteiger partial charge is 0.339 e. The molecule has 4 heteroatoms. The standard InChI is InChI=1S/C18H19NO3/c1-13-8-7-11-15(12-13)18(21)22-16(17(20)19(2)3)14-9-5-4-6-10-14/h4-12,16H,1-3H3/t16-/m1/s1. The molecule has 0 aliphatic rings. The van der Waals surface area contributed by atoms with E-state index in [-0.39, 0.29) is 5.91 Å². The van der Waals surface area contributed by atoms with Crippen LogP contribution >= 0.6 is 0 Å². The average Bonchev–Trinajstić information content (AvgIpc) is 2.52. The van der Waals surface area contributed by atoms with Gasteiger partial charge in [0.2, 0.25) is 6.10 Å². The number of carbonyl (C=O) groups is 2. The number of hydrogen-bond donors (Lipinski definition) is 0. The second-order valence-corrected chi connectivity index (χ2v) is 5.30. The van der Waals surface area contributed by atoms with Crippen LogP contribution in [0.5, 0.6) is 0 Å². The monoisotopic (exact) mass is 297 g/mol. The van der Waals surface area contributed by atoms with Gasteiger partial charge in [-0.2, -0.15) is 0 Å². The van der Waals surface area contributed by atoms with Crippen molar-refractivity contribution in [3.63, 3.8) is 0 Å². The average molecular weight is 297 g/mol. The Labute approximate surface area is 130 Å². The van der Waals surface area contributed by atoms with Gasteiger partial charge in [-0.1, -0.05) is 48.0 Å². The Morgan fingerprint density at radius 2 is 1.68 bits per heavy atom. The maximum atomic E-state index is 12.3. The van der Waals surface area contributed by atoms with Crippen molar-refractivity contribution in [1.82, 2.24) is 4.90 Å². The lowest BCUT2D eigenvalue weighted by Crippen LogP contribution is -2.31. The molecule has 4 nitrogen and oxygen atoms in total. The number of amides is 1. The quantitative estimate of drug-likeness (QED) is 0.815. The minimum atomic E-state index is -0.941. The molecule has 0 aliphatic heterocycles. The number of likely N-dealkylation sites (N-methyl/N-ethyl adjacent to an activating group) is 1. The molecule has 1 atom stereocenters. The third-order valence-corrected chi connectivity index (χ3v) is 3.25. The number of aryl methyl sites for hydroxylation is 1. The highest BCUT2D eigenvalue weighted by atomic mass is 16.5. The second-order valence-electron chi connectivity index (χ2n) is 5.30. The predicted molar refractivity (Wildman–Crippen MR) is 84.5 cm³/mol. The van der Waals surface area contributed by atoms with E-state index in [1.807, 2.05) is 31.2 Å². The number of rotatable bonds is 4. The van der Waals surface area contributed by atoms with Crippen LogP contribution in [-0.4, -0.2) is 30.9 Å². The topological polar surface area (TPSA) is 46.6 Å². The van der Waals surface area contributed by atoms with Gasteiger partial charge in [-0.05, 0) is 19.1 Å². The van der Waals surface area contributed by atoms with Crippen LogP contribution in [0, 0.1) is 6.92 Å². The summed E-state index contributed by atoms with van der Waals surface area (Å²) in [5.74, 6) is -0.778. The van der Waals surface area contributed by atoms with Gasteiger partial charge in [0.1, 0.15) is 0 Å². The molecule has 114 valence electrons. The molecule has 0 aliphatic carbocycles. The van der Waals surface area contributed by atoms with E-state index in [1.165, 1.54) is 4.90 Å². The molecule has 1 amide bonds. The minimum Gasteiger partial charge on any atom is -0.444 e. The Morgan fingerprint density at radius 1 is 1.00 bits per heavy atom. The molecule has 0 fully saturated rings. The summed E-state index contributed by atoms with van der Waals surface area (Å²) in [5, 5.41) is 0. The fraction of sp³-hybridized carbons (Fsp3) is 0.222. The van der Waals surface area contributed by atoms with E-state index in [0.717, 1.165) is 5.56 Å². The number of ether oxygens (including phenoxy) is 1. The lowest BCUT2D eigenvalue weighted by molar-refractivity contribution is -0.138. The zero-order valence-electron chi connectivity index (χ0n) is 12.9. The molecule has 2 rings (SSSR count). The number of benzene rings is 2. The maximum Gasteiger partial charge on any atom is 0.339 e. The highest BCUT2D eigenvalue weighted by molar-refractivity contribution is 5.92. The van der Waals surface area contributed by atoms with Gasteiger partial charge in [-0.15, -0.1) is 0 Å². The molecule has 0 aromatic heterocycles. The van der Waals surface area contributed by atoms with Crippen molar-refractivity contribution in [3.8, 4) is 0 Å². The summed E-state index contributed by atoms with van der Waals surface area (Å²) < 4.78 is 5.47. The van der Waals surface area contributed by atoms with Crippen LogP contribution in [0.25, 0.3) is 0 Å². The van der Waals surface area contributed by atoms with Crippen LogP contribution in [-0.2, 0) is 9.53 Å². The van der Waals surface area contributed by atoms with Gasteiger partial charge in [0, 0.05) is 19.7 Å². The third-order valence-electron chi connectivity index (χ3n) is 3.25. The van der Waals surface area contributed by atoms with Crippen molar-refractivity contribution in [2.75, 3.05) is 14.1 Å². The molecule has 0 bridgehead atoms. The van der Waals surface area contributed by atoms with Gasteiger partial charge >= 0.3 is 5.97 Å². The first-order chi connectivity index (χ1) is 10.5. The van der Waals surface area contributed by atoms with E-state index in [2.05, 4.69) is 0 Å². The van der Waals surface area contributed by atoms with Crippen LogP contribution in [0.15, 0.2) is 54.6 Å². The van der Waals surface area contributed by atoms with E-state index >= 15 is 0 Å². The van der Waals surface area contributed by atoms with Crippen molar-refractivity contribution in [3.05, 3.63) is 71.3 Å². The number of hydrogen-bond acceptors (Lipinski definition) is 3. The van der Waals surface area contributed by atoms with Gasteiger partial charge in [0.05, 0.1) is 5.56 Å². The van der Waals surface area contributed by atoms with Crippen molar-refractivity contribution >= 4 is 11.9 Å². The molecule has 0 N–H and O–H groups in total. The zero-order chi connectivity index (χ0) is 16.1. The van der Waals surface area contributed by atoms with E-state index < -0.39 is 12.1 Å². The summed E-state index contributed by atoms with van der Waals surface area (Å²) >= 11 is 0.